The summed E-state index contributed by atoms with van der Waals surface area (Å²) in [5.41, 5.74) is -0.883. The largest absolute Gasteiger partial charge is 0.481 e. The zero-order valence-electron chi connectivity index (χ0n) is 16.5. The topological polar surface area (TPSA) is 98.0 Å². The Labute approximate surface area is 163 Å². The molecule has 1 rings (SSSR count). The highest BCUT2D eigenvalue weighted by atomic mass is 16.4. The Hall–Kier alpha value is -1.43. The lowest BCUT2D eigenvalue weighted by Gasteiger charge is -2.23. The first-order chi connectivity index (χ1) is 12.8. The molecule has 0 amide bonds. The van der Waals surface area contributed by atoms with Crippen LogP contribution in [0.4, 0.5) is 0 Å². The Morgan fingerprint density at radius 2 is 2.04 bits per heavy atom. The van der Waals surface area contributed by atoms with Crippen LogP contribution in [0.2, 0.25) is 0 Å². The smallest absolute Gasteiger partial charge is 0.305 e. The fourth-order valence-electron chi connectivity index (χ4n) is 3.65. The molecule has 2 unspecified atom stereocenters. The molecule has 0 saturated heterocycles. The summed E-state index contributed by atoms with van der Waals surface area (Å²) in [6.07, 6.45) is 13.9. The number of hydrogen-bond donors (Lipinski definition) is 4. The molecule has 0 bridgehead atoms. The molecule has 1 aliphatic carbocycles. The van der Waals surface area contributed by atoms with Gasteiger partial charge in [-0.25, -0.2) is 0 Å². The van der Waals surface area contributed by atoms with Crippen molar-refractivity contribution in [2.45, 2.75) is 82.5 Å². The third-order valence-electron chi connectivity index (χ3n) is 5.42. The maximum absolute atomic E-state index is 10.5. The number of carbonyl (C=O) groups is 1. The molecule has 0 heterocycles. The van der Waals surface area contributed by atoms with Crippen molar-refractivity contribution in [3.63, 3.8) is 0 Å². The number of aliphatic hydroxyl groups excluding tert-OH is 2. The minimum atomic E-state index is -1.00. The lowest BCUT2D eigenvalue weighted by atomic mass is 9.88. The number of aliphatic hydroxyl groups is 3. The standard InChI is InChI=1S/C22H36O5/c1-3-5-14-22(27,4-2)15-8-11-19-17(12-13-20(19)24)9-6-7-10-18(23)16-21(25)26/h4,6-8,11,17-20,23-24,27H,2-3,5,9-10,12-16H2,1H3,(H,25,26)/t17-,18?,19+,20+,22?/m0/s1. The molecule has 1 saturated carbocycles. The minimum absolute atomic E-state index is 0.0545. The lowest BCUT2D eigenvalue weighted by molar-refractivity contribution is -0.139. The summed E-state index contributed by atoms with van der Waals surface area (Å²) in [5, 5.41) is 39.0. The predicted octanol–water partition coefficient (Wildman–Crippen LogP) is 3.60. The second-order valence-corrected chi connectivity index (χ2v) is 7.72. The summed E-state index contributed by atoms with van der Waals surface area (Å²) < 4.78 is 0. The third-order valence-corrected chi connectivity index (χ3v) is 5.42. The van der Waals surface area contributed by atoms with Gasteiger partial charge < -0.3 is 20.4 Å². The Bertz CT molecular complexity index is 513. The van der Waals surface area contributed by atoms with E-state index in [-0.39, 0.29) is 18.4 Å². The molecule has 0 aliphatic heterocycles. The number of allylic oxidation sites excluding steroid dienone is 1. The maximum Gasteiger partial charge on any atom is 0.305 e. The molecule has 0 aromatic carbocycles. The van der Waals surface area contributed by atoms with Gasteiger partial charge in [-0.2, -0.15) is 0 Å². The number of carboxylic acid groups (broad SMARTS) is 1. The molecular formula is C22H36O5. The second-order valence-electron chi connectivity index (χ2n) is 7.72. The van der Waals surface area contributed by atoms with Crippen LogP contribution in [0.5, 0.6) is 0 Å². The average molecular weight is 381 g/mol. The fraction of sp³-hybridized carbons (Fsp3) is 0.682. The first-order valence-electron chi connectivity index (χ1n) is 10.1. The van der Waals surface area contributed by atoms with Gasteiger partial charge in [-0.1, -0.05) is 50.1 Å². The van der Waals surface area contributed by atoms with Gasteiger partial charge in [0.2, 0.25) is 0 Å². The fourth-order valence-corrected chi connectivity index (χ4v) is 3.65. The molecule has 4 N–H and O–H groups in total. The summed E-state index contributed by atoms with van der Waals surface area (Å²) >= 11 is 0. The van der Waals surface area contributed by atoms with Crippen molar-refractivity contribution < 1.29 is 25.2 Å². The normalized spacial score (nSPS) is 26.4. The van der Waals surface area contributed by atoms with Gasteiger partial charge in [-0.05, 0) is 44.4 Å². The van der Waals surface area contributed by atoms with Crippen LogP contribution < -0.4 is 0 Å². The SMILES string of the molecule is C=CC(O)(CC=C[C@@H]1[C@@H](CC=CCC(O)CC(=O)O)CC[C@H]1O)CCCC. The van der Waals surface area contributed by atoms with Crippen LogP contribution in [0, 0.1) is 11.8 Å². The molecule has 5 nitrogen and oxygen atoms in total. The van der Waals surface area contributed by atoms with Crippen LogP contribution in [0.15, 0.2) is 37.0 Å². The summed E-state index contributed by atoms with van der Waals surface area (Å²) in [5.74, 6) is -0.631. The van der Waals surface area contributed by atoms with Gasteiger partial charge in [-0.3, -0.25) is 4.79 Å². The van der Waals surface area contributed by atoms with E-state index >= 15 is 0 Å². The van der Waals surface area contributed by atoms with Crippen molar-refractivity contribution in [3.05, 3.63) is 37.0 Å². The van der Waals surface area contributed by atoms with Crippen molar-refractivity contribution in [2.75, 3.05) is 0 Å². The Kier molecular flexibility index (Phi) is 10.6. The van der Waals surface area contributed by atoms with E-state index in [0.717, 1.165) is 32.1 Å². The highest BCUT2D eigenvalue weighted by Gasteiger charge is 2.32. The van der Waals surface area contributed by atoms with Crippen molar-refractivity contribution >= 4 is 5.97 Å². The zero-order valence-corrected chi connectivity index (χ0v) is 16.5. The maximum atomic E-state index is 10.5. The van der Waals surface area contributed by atoms with Crippen LogP contribution in [0.25, 0.3) is 0 Å². The quantitative estimate of drug-likeness (QED) is 0.366. The molecule has 5 atom stereocenters. The number of carboxylic acids is 1. The number of rotatable bonds is 13. The Morgan fingerprint density at radius 3 is 2.67 bits per heavy atom. The number of unbranched alkanes of at least 4 members (excludes halogenated alkanes) is 1. The lowest BCUT2D eigenvalue weighted by Crippen LogP contribution is -2.24. The Balaban J connectivity index is 2.52. The summed E-state index contributed by atoms with van der Waals surface area (Å²) in [7, 11) is 0. The summed E-state index contributed by atoms with van der Waals surface area (Å²) in [4.78, 5) is 10.5. The van der Waals surface area contributed by atoms with Gasteiger partial charge in [0.1, 0.15) is 0 Å². The molecule has 154 valence electrons. The molecule has 0 radical (unpaired) electrons. The average Bonchev–Trinajstić information content (AvgIpc) is 2.96. The molecule has 0 spiro atoms. The van der Waals surface area contributed by atoms with Gasteiger partial charge in [0.25, 0.3) is 0 Å². The first-order valence-corrected chi connectivity index (χ1v) is 10.1. The van der Waals surface area contributed by atoms with Crippen LogP contribution in [0.3, 0.4) is 0 Å². The van der Waals surface area contributed by atoms with E-state index in [9.17, 15) is 20.1 Å². The second kappa shape index (κ2) is 12.1. The minimum Gasteiger partial charge on any atom is -0.481 e. The highest BCUT2D eigenvalue weighted by molar-refractivity contribution is 5.67. The van der Waals surface area contributed by atoms with Crippen LogP contribution in [-0.4, -0.2) is 44.2 Å². The predicted molar refractivity (Wildman–Crippen MR) is 107 cm³/mol. The van der Waals surface area contributed by atoms with Crippen LogP contribution in [-0.2, 0) is 4.79 Å². The van der Waals surface area contributed by atoms with E-state index in [1.165, 1.54) is 0 Å². The molecule has 0 aromatic heterocycles. The Morgan fingerprint density at radius 1 is 1.30 bits per heavy atom. The van der Waals surface area contributed by atoms with Gasteiger partial charge >= 0.3 is 5.97 Å². The van der Waals surface area contributed by atoms with Crippen molar-refractivity contribution in [3.8, 4) is 0 Å². The van der Waals surface area contributed by atoms with Crippen LogP contribution >= 0.6 is 0 Å². The highest BCUT2D eigenvalue weighted by Crippen LogP contribution is 2.36. The monoisotopic (exact) mass is 380 g/mol. The third kappa shape index (κ3) is 8.87. The summed E-state index contributed by atoms with van der Waals surface area (Å²) in [6, 6.07) is 0. The molecule has 5 heteroatoms. The van der Waals surface area contributed by atoms with Crippen molar-refractivity contribution in [1.29, 1.82) is 0 Å². The number of aliphatic carboxylic acids is 1. The molecule has 1 aliphatic rings. The zero-order chi connectivity index (χ0) is 20.3. The van der Waals surface area contributed by atoms with E-state index in [1.54, 1.807) is 6.08 Å². The molecular weight excluding hydrogens is 344 g/mol. The number of hydrogen-bond acceptors (Lipinski definition) is 4. The van der Waals surface area contributed by atoms with E-state index in [1.807, 2.05) is 24.3 Å². The molecule has 1 fully saturated rings. The van der Waals surface area contributed by atoms with Crippen LogP contribution in [0.1, 0.15) is 64.7 Å². The van der Waals surface area contributed by atoms with E-state index in [0.29, 0.717) is 25.2 Å². The molecule has 0 aromatic rings. The van der Waals surface area contributed by atoms with Gasteiger partial charge in [0.15, 0.2) is 0 Å². The van der Waals surface area contributed by atoms with E-state index < -0.39 is 17.7 Å². The van der Waals surface area contributed by atoms with Crippen molar-refractivity contribution in [2.24, 2.45) is 11.8 Å². The van der Waals surface area contributed by atoms with E-state index in [4.69, 9.17) is 5.11 Å². The van der Waals surface area contributed by atoms with Gasteiger partial charge in [0.05, 0.1) is 24.2 Å². The van der Waals surface area contributed by atoms with Crippen molar-refractivity contribution in [1.82, 2.24) is 0 Å². The molecule has 27 heavy (non-hydrogen) atoms. The summed E-state index contributed by atoms with van der Waals surface area (Å²) in [6.45, 7) is 5.84. The van der Waals surface area contributed by atoms with Gasteiger partial charge in [0, 0.05) is 5.92 Å². The first kappa shape index (κ1) is 23.6. The van der Waals surface area contributed by atoms with E-state index in [2.05, 4.69) is 13.5 Å². The van der Waals surface area contributed by atoms with Gasteiger partial charge in [-0.15, -0.1) is 6.58 Å².